The Labute approximate surface area is 201 Å². The number of carbonyl (C=O) groups excluding carboxylic acids is 2. The summed E-state index contributed by atoms with van der Waals surface area (Å²) in [6, 6.07) is 15.5. The molecule has 0 spiro atoms. The van der Waals surface area contributed by atoms with E-state index < -0.39 is 5.97 Å². The average Bonchev–Trinajstić information content (AvgIpc) is 3.21. The molecule has 0 aliphatic heterocycles. The number of rotatable bonds is 7. The molecular formula is C25H23N3O3S2. The number of hydrogen-bond acceptors (Lipinski definition) is 7. The molecule has 168 valence electrons. The van der Waals surface area contributed by atoms with Crippen LogP contribution in [0, 0.1) is 11.3 Å². The molecule has 0 unspecified atom stereocenters. The number of aromatic nitrogens is 1. The van der Waals surface area contributed by atoms with E-state index >= 15 is 0 Å². The Morgan fingerprint density at radius 2 is 1.97 bits per heavy atom. The summed E-state index contributed by atoms with van der Waals surface area (Å²) >= 11 is 2.85. The molecule has 1 aliphatic carbocycles. The van der Waals surface area contributed by atoms with Crippen molar-refractivity contribution in [3.05, 3.63) is 64.0 Å². The topological polar surface area (TPSA) is 92.1 Å². The summed E-state index contributed by atoms with van der Waals surface area (Å²) in [5.41, 5.74) is 3.76. The van der Waals surface area contributed by atoms with Gasteiger partial charge in [-0.25, -0.2) is 9.78 Å². The first-order valence-electron chi connectivity index (χ1n) is 10.7. The van der Waals surface area contributed by atoms with Crippen LogP contribution in [-0.4, -0.2) is 29.7 Å². The second-order valence-corrected chi connectivity index (χ2v) is 9.77. The molecule has 1 N–H and O–H groups in total. The summed E-state index contributed by atoms with van der Waals surface area (Å²) in [4.78, 5) is 30.8. The molecule has 3 aromatic rings. The zero-order valence-electron chi connectivity index (χ0n) is 18.2. The van der Waals surface area contributed by atoms with Gasteiger partial charge in [-0.2, -0.15) is 5.26 Å². The van der Waals surface area contributed by atoms with Crippen LogP contribution >= 0.6 is 23.1 Å². The molecule has 0 saturated heterocycles. The molecule has 2 heterocycles. The molecule has 0 saturated carbocycles. The Morgan fingerprint density at radius 3 is 2.73 bits per heavy atom. The average molecular weight is 478 g/mol. The second kappa shape index (κ2) is 10.6. The number of aryl methyl sites for hydroxylation is 1. The van der Waals surface area contributed by atoms with Gasteiger partial charge in [0.25, 0.3) is 0 Å². The number of thioether (sulfide) groups is 1. The summed E-state index contributed by atoms with van der Waals surface area (Å²) in [7, 11) is 1.36. The molecule has 0 bridgehead atoms. The third-order valence-electron chi connectivity index (χ3n) is 5.43. The minimum atomic E-state index is -0.403. The number of hydrogen-bond donors (Lipinski definition) is 1. The first-order chi connectivity index (χ1) is 16.1. The number of nitrogens with zero attached hydrogens (tertiary/aromatic N) is 2. The van der Waals surface area contributed by atoms with Crippen LogP contribution in [0.3, 0.4) is 0 Å². The fourth-order valence-corrected chi connectivity index (χ4v) is 6.01. The third-order valence-corrected chi connectivity index (χ3v) is 7.63. The van der Waals surface area contributed by atoms with Gasteiger partial charge in [-0.3, -0.25) is 4.79 Å². The predicted molar refractivity (Wildman–Crippen MR) is 131 cm³/mol. The molecule has 8 heteroatoms. The molecule has 0 fully saturated rings. The van der Waals surface area contributed by atoms with Crippen molar-refractivity contribution in [1.82, 2.24) is 4.98 Å². The Hall–Kier alpha value is -3.15. The highest BCUT2D eigenvalue weighted by molar-refractivity contribution is 7.99. The number of esters is 1. The first-order valence-corrected chi connectivity index (χ1v) is 12.5. The number of ether oxygens (including phenoxy) is 1. The maximum atomic E-state index is 12.7. The fraction of sp³-hybridized carbons (Fsp3) is 0.280. The highest BCUT2D eigenvalue weighted by atomic mass is 32.2. The number of fused-ring (bicyclic) bond motifs is 1. The largest absolute Gasteiger partial charge is 0.465 e. The fourth-order valence-electron chi connectivity index (χ4n) is 3.81. The minimum Gasteiger partial charge on any atom is -0.465 e. The van der Waals surface area contributed by atoms with Gasteiger partial charge in [-0.15, -0.1) is 23.1 Å². The SMILES string of the molecule is COC(=O)c1c(NC(=O)CCSc2nc(-c3ccccc3)ccc2C#N)sc2c1CCCC2. The number of thiophene rings is 1. The van der Waals surface area contributed by atoms with Gasteiger partial charge in [0.15, 0.2) is 0 Å². The summed E-state index contributed by atoms with van der Waals surface area (Å²) in [6.45, 7) is 0. The maximum Gasteiger partial charge on any atom is 0.341 e. The van der Waals surface area contributed by atoms with Gasteiger partial charge in [-0.05, 0) is 43.4 Å². The normalized spacial score (nSPS) is 12.5. The van der Waals surface area contributed by atoms with E-state index in [9.17, 15) is 14.9 Å². The van der Waals surface area contributed by atoms with Gasteiger partial charge >= 0.3 is 5.97 Å². The number of methoxy groups -OCH3 is 1. The first kappa shape index (κ1) is 23.0. The quantitative estimate of drug-likeness (QED) is 0.358. The van der Waals surface area contributed by atoms with Crippen LogP contribution in [0.5, 0.6) is 0 Å². The number of amides is 1. The van der Waals surface area contributed by atoms with Crippen molar-refractivity contribution < 1.29 is 14.3 Å². The Morgan fingerprint density at radius 1 is 1.18 bits per heavy atom. The van der Waals surface area contributed by atoms with E-state index in [1.807, 2.05) is 36.4 Å². The summed E-state index contributed by atoms with van der Waals surface area (Å²) in [5.74, 6) is -0.117. The van der Waals surface area contributed by atoms with Crippen LogP contribution in [0.4, 0.5) is 5.00 Å². The van der Waals surface area contributed by atoms with Gasteiger partial charge in [0, 0.05) is 22.6 Å². The standard InChI is InChI=1S/C25H23N3O3S2/c1-31-25(30)22-18-9-5-6-10-20(18)33-24(22)28-21(29)13-14-32-23-17(15-26)11-12-19(27-23)16-7-3-2-4-8-16/h2-4,7-8,11-12H,5-6,9-10,13-14H2,1H3,(H,28,29). The molecule has 0 atom stereocenters. The molecule has 1 aromatic carbocycles. The van der Waals surface area contributed by atoms with Gasteiger partial charge < -0.3 is 10.1 Å². The van der Waals surface area contributed by atoms with Crippen LogP contribution < -0.4 is 5.32 Å². The molecule has 0 radical (unpaired) electrons. The summed E-state index contributed by atoms with van der Waals surface area (Å²) in [6.07, 6.45) is 4.12. The van der Waals surface area contributed by atoms with Crippen LogP contribution in [0.25, 0.3) is 11.3 Å². The number of benzene rings is 1. The lowest BCUT2D eigenvalue weighted by molar-refractivity contribution is -0.115. The van der Waals surface area contributed by atoms with Gasteiger partial charge in [0.2, 0.25) is 5.91 Å². The zero-order valence-corrected chi connectivity index (χ0v) is 19.9. The van der Waals surface area contributed by atoms with Crippen LogP contribution in [0.15, 0.2) is 47.5 Å². The predicted octanol–water partition coefficient (Wildman–Crippen LogP) is 5.47. The van der Waals surface area contributed by atoms with Crippen molar-refractivity contribution in [2.45, 2.75) is 37.1 Å². The minimum absolute atomic E-state index is 0.177. The summed E-state index contributed by atoms with van der Waals surface area (Å²) in [5, 5.41) is 13.5. The van der Waals surface area contributed by atoms with E-state index in [4.69, 9.17) is 4.74 Å². The zero-order chi connectivity index (χ0) is 23.2. The smallest absolute Gasteiger partial charge is 0.341 e. The Bertz CT molecular complexity index is 1220. The number of carbonyl (C=O) groups is 2. The lowest BCUT2D eigenvalue weighted by Gasteiger charge is -2.11. The lowest BCUT2D eigenvalue weighted by Crippen LogP contribution is -2.15. The van der Waals surface area contributed by atoms with Crippen molar-refractivity contribution >= 4 is 40.0 Å². The molecule has 1 aliphatic rings. The summed E-state index contributed by atoms with van der Waals surface area (Å²) < 4.78 is 4.97. The van der Waals surface area contributed by atoms with E-state index in [0.29, 0.717) is 26.9 Å². The van der Waals surface area contributed by atoms with Crippen LogP contribution in [0.1, 0.15) is 45.6 Å². The van der Waals surface area contributed by atoms with Gasteiger partial charge in [0.1, 0.15) is 16.1 Å². The molecule has 33 heavy (non-hydrogen) atoms. The highest BCUT2D eigenvalue weighted by Gasteiger charge is 2.26. The lowest BCUT2D eigenvalue weighted by atomic mass is 9.95. The van der Waals surface area contributed by atoms with Crippen molar-refractivity contribution in [2.24, 2.45) is 0 Å². The van der Waals surface area contributed by atoms with E-state index in [1.54, 1.807) is 6.07 Å². The number of anilines is 1. The van der Waals surface area contributed by atoms with Crippen molar-refractivity contribution in [2.75, 3.05) is 18.2 Å². The molecule has 1 amide bonds. The van der Waals surface area contributed by atoms with E-state index in [1.165, 1.54) is 30.2 Å². The van der Waals surface area contributed by atoms with Crippen LogP contribution in [-0.2, 0) is 22.4 Å². The molecular weight excluding hydrogens is 454 g/mol. The monoisotopic (exact) mass is 477 g/mol. The van der Waals surface area contributed by atoms with E-state index in [0.717, 1.165) is 47.4 Å². The highest BCUT2D eigenvalue weighted by Crippen LogP contribution is 2.38. The Balaban J connectivity index is 1.43. The molecule has 4 rings (SSSR count). The van der Waals surface area contributed by atoms with Crippen molar-refractivity contribution in [3.8, 4) is 17.3 Å². The van der Waals surface area contributed by atoms with Crippen molar-refractivity contribution in [3.63, 3.8) is 0 Å². The van der Waals surface area contributed by atoms with Gasteiger partial charge in [0.05, 0.1) is 23.9 Å². The molecule has 6 nitrogen and oxygen atoms in total. The maximum absolute atomic E-state index is 12.7. The van der Waals surface area contributed by atoms with Crippen LogP contribution in [0.2, 0.25) is 0 Å². The number of pyridine rings is 1. The number of nitriles is 1. The second-order valence-electron chi connectivity index (χ2n) is 7.58. The van der Waals surface area contributed by atoms with E-state index in [2.05, 4.69) is 16.4 Å². The van der Waals surface area contributed by atoms with Gasteiger partial charge in [-0.1, -0.05) is 30.3 Å². The van der Waals surface area contributed by atoms with Crippen molar-refractivity contribution in [1.29, 1.82) is 5.26 Å². The molecule has 2 aromatic heterocycles. The third kappa shape index (κ3) is 5.27. The van der Waals surface area contributed by atoms with E-state index in [-0.39, 0.29) is 12.3 Å². The Kier molecular flexibility index (Phi) is 7.43. The number of nitrogens with one attached hydrogen (secondary N) is 1.